The molecule has 1 N–H and O–H groups in total. The Bertz CT molecular complexity index is 1260. The zero-order chi connectivity index (χ0) is 22.9. The van der Waals surface area contributed by atoms with Crippen LogP contribution in [0.15, 0.2) is 52.1 Å². The van der Waals surface area contributed by atoms with Gasteiger partial charge >= 0.3 is 11.9 Å². The van der Waals surface area contributed by atoms with E-state index < -0.39 is 40.5 Å². The Hall–Kier alpha value is -3.07. The maximum atomic E-state index is 13.1. The molecule has 0 atom stereocenters. The van der Waals surface area contributed by atoms with Crippen LogP contribution in [0.3, 0.4) is 0 Å². The number of aromatic nitrogens is 2. The van der Waals surface area contributed by atoms with Crippen LogP contribution in [0.2, 0.25) is 5.02 Å². The lowest BCUT2D eigenvalue weighted by molar-refractivity contribution is -0.137. The van der Waals surface area contributed by atoms with E-state index >= 15 is 0 Å². The quantitative estimate of drug-likeness (QED) is 0.631. The van der Waals surface area contributed by atoms with Crippen molar-refractivity contribution in [1.29, 1.82) is 0 Å². The lowest BCUT2D eigenvalue weighted by Gasteiger charge is -2.16. The Labute approximate surface area is 179 Å². The maximum Gasteiger partial charge on any atom is 0.417 e. The minimum Gasteiger partial charge on any atom is -0.325 e. The molecule has 164 valence electrons. The molecule has 1 aromatic heterocycles. The Morgan fingerprint density at radius 1 is 1.10 bits per heavy atom. The molecular formula is C21H19ClF3N3O3. The molecule has 6 nitrogen and oxygen atoms in total. The van der Waals surface area contributed by atoms with Crippen LogP contribution >= 0.6 is 11.6 Å². The summed E-state index contributed by atoms with van der Waals surface area (Å²) >= 11 is 5.60. The van der Waals surface area contributed by atoms with Crippen molar-refractivity contribution in [3.8, 4) is 0 Å². The third kappa shape index (κ3) is 4.82. The average Bonchev–Trinajstić information content (AvgIpc) is 2.69. The number of rotatable bonds is 5. The summed E-state index contributed by atoms with van der Waals surface area (Å²) in [5.74, 6) is -0.721. The van der Waals surface area contributed by atoms with Gasteiger partial charge in [-0.1, -0.05) is 37.6 Å². The van der Waals surface area contributed by atoms with Crippen LogP contribution in [0.1, 0.15) is 19.4 Å². The van der Waals surface area contributed by atoms with Crippen LogP contribution in [0.4, 0.5) is 18.9 Å². The molecule has 3 aromatic rings. The van der Waals surface area contributed by atoms with Crippen LogP contribution < -0.4 is 16.6 Å². The lowest BCUT2D eigenvalue weighted by atomic mass is 10.2. The SMILES string of the molecule is CC(C)Cn1c(=O)c2ccccc2n(CC(=O)Nc2ccc(Cl)c(C(F)(F)F)c2)c1=O. The molecule has 3 rings (SSSR count). The second-order valence-electron chi connectivity index (χ2n) is 7.44. The number of halogens is 4. The number of carbonyl (C=O) groups excluding carboxylic acids is 1. The number of nitrogens with zero attached hydrogens (tertiary/aromatic N) is 2. The van der Waals surface area contributed by atoms with Crippen molar-refractivity contribution < 1.29 is 18.0 Å². The summed E-state index contributed by atoms with van der Waals surface area (Å²) in [5, 5.41) is 2.13. The van der Waals surface area contributed by atoms with Crippen LogP contribution in [0.25, 0.3) is 10.9 Å². The van der Waals surface area contributed by atoms with Gasteiger partial charge in [-0.05, 0) is 36.2 Å². The number of amides is 1. The van der Waals surface area contributed by atoms with Crippen molar-refractivity contribution in [2.75, 3.05) is 5.32 Å². The van der Waals surface area contributed by atoms with Crippen LogP contribution in [0.5, 0.6) is 0 Å². The summed E-state index contributed by atoms with van der Waals surface area (Å²) in [6.45, 7) is 3.37. The smallest absolute Gasteiger partial charge is 0.325 e. The van der Waals surface area contributed by atoms with E-state index in [1.54, 1.807) is 18.2 Å². The summed E-state index contributed by atoms with van der Waals surface area (Å²) in [4.78, 5) is 38.2. The fourth-order valence-electron chi connectivity index (χ4n) is 3.21. The van der Waals surface area contributed by atoms with Crippen molar-refractivity contribution in [3.63, 3.8) is 0 Å². The van der Waals surface area contributed by atoms with Crippen molar-refractivity contribution >= 4 is 34.1 Å². The van der Waals surface area contributed by atoms with E-state index in [1.807, 2.05) is 13.8 Å². The highest BCUT2D eigenvalue weighted by atomic mass is 35.5. The minimum atomic E-state index is -4.68. The number of hydrogen-bond acceptors (Lipinski definition) is 3. The largest absolute Gasteiger partial charge is 0.417 e. The predicted molar refractivity (Wildman–Crippen MR) is 112 cm³/mol. The monoisotopic (exact) mass is 453 g/mol. The van der Waals surface area contributed by atoms with Gasteiger partial charge in [0.05, 0.1) is 21.5 Å². The number of fused-ring (bicyclic) bond motifs is 1. The lowest BCUT2D eigenvalue weighted by Crippen LogP contribution is -2.42. The van der Waals surface area contributed by atoms with Gasteiger partial charge in [-0.3, -0.25) is 18.7 Å². The molecule has 0 aliphatic heterocycles. The first-order valence-corrected chi connectivity index (χ1v) is 9.76. The Morgan fingerprint density at radius 3 is 2.42 bits per heavy atom. The molecular weight excluding hydrogens is 435 g/mol. The summed E-state index contributed by atoms with van der Waals surface area (Å²) in [6.07, 6.45) is -4.68. The van der Waals surface area contributed by atoms with E-state index in [0.29, 0.717) is 0 Å². The molecule has 0 fully saturated rings. The molecule has 0 bridgehead atoms. The average molecular weight is 454 g/mol. The number of nitrogens with one attached hydrogen (secondary N) is 1. The molecule has 0 saturated heterocycles. The van der Waals surface area contributed by atoms with Crippen LogP contribution in [0, 0.1) is 5.92 Å². The van der Waals surface area contributed by atoms with Gasteiger partial charge in [-0.25, -0.2) is 4.79 Å². The van der Waals surface area contributed by atoms with Gasteiger partial charge in [-0.2, -0.15) is 13.2 Å². The first-order chi connectivity index (χ1) is 14.5. The van der Waals surface area contributed by atoms with Crippen molar-refractivity contribution in [1.82, 2.24) is 9.13 Å². The van der Waals surface area contributed by atoms with E-state index in [9.17, 15) is 27.6 Å². The molecule has 0 saturated carbocycles. The number of alkyl halides is 3. The Morgan fingerprint density at radius 2 is 1.77 bits per heavy atom. The molecule has 10 heteroatoms. The standard InChI is InChI=1S/C21H19ClF3N3O3/c1-12(2)10-28-19(30)14-5-3-4-6-17(14)27(20(28)31)11-18(29)26-13-7-8-16(22)15(9-13)21(23,24)25/h3-9,12H,10-11H2,1-2H3,(H,26,29). The molecule has 0 unspecified atom stereocenters. The second kappa shape index (κ2) is 8.58. The molecule has 2 aromatic carbocycles. The fourth-order valence-corrected chi connectivity index (χ4v) is 3.44. The fraction of sp³-hybridized carbons (Fsp3) is 0.286. The van der Waals surface area contributed by atoms with Crippen molar-refractivity contribution in [2.24, 2.45) is 5.92 Å². The van der Waals surface area contributed by atoms with Gasteiger partial charge in [0.2, 0.25) is 5.91 Å². The molecule has 0 aliphatic rings. The number of para-hydroxylation sites is 1. The first kappa shape index (κ1) is 22.6. The van der Waals surface area contributed by atoms with Crippen molar-refractivity contribution in [2.45, 2.75) is 33.1 Å². The van der Waals surface area contributed by atoms with Gasteiger partial charge in [0.1, 0.15) is 6.54 Å². The highest BCUT2D eigenvalue weighted by Crippen LogP contribution is 2.36. The van der Waals surface area contributed by atoms with E-state index in [0.717, 1.165) is 21.3 Å². The first-order valence-electron chi connectivity index (χ1n) is 9.38. The molecule has 0 aliphatic carbocycles. The van der Waals surface area contributed by atoms with E-state index in [4.69, 9.17) is 11.6 Å². The third-order valence-electron chi connectivity index (χ3n) is 4.54. The molecule has 31 heavy (non-hydrogen) atoms. The van der Waals surface area contributed by atoms with Gasteiger partial charge in [0.25, 0.3) is 5.56 Å². The third-order valence-corrected chi connectivity index (χ3v) is 4.87. The number of carbonyl (C=O) groups is 1. The summed E-state index contributed by atoms with van der Waals surface area (Å²) < 4.78 is 41.3. The Kier molecular flexibility index (Phi) is 6.26. The Balaban J connectivity index is 2.00. The number of anilines is 1. The maximum absolute atomic E-state index is 13.1. The van der Waals surface area contributed by atoms with E-state index in [-0.39, 0.29) is 29.1 Å². The van der Waals surface area contributed by atoms with E-state index in [1.165, 1.54) is 12.1 Å². The summed E-state index contributed by atoms with van der Waals surface area (Å²) in [5.41, 5.74) is -2.06. The topological polar surface area (TPSA) is 73.1 Å². The highest BCUT2D eigenvalue weighted by molar-refractivity contribution is 6.31. The van der Waals surface area contributed by atoms with Gasteiger partial charge < -0.3 is 5.32 Å². The highest BCUT2D eigenvalue weighted by Gasteiger charge is 2.33. The van der Waals surface area contributed by atoms with Gasteiger partial charge in [0, 0.05) is 12.2 Å². The van der Waals surface area contributed by atoms with Gasteiger partial charge in [0.15, 0.2) is 0 Å². The number of hydrogen-bond donors (Lipinski definition) is 1. The minimum absolute atomic E-state index is 0.00342. The zero-order valence-electron chi connectivity index (χ0n) is 16.7. The predicted octanol–water partition coefficient (Wildman–Crippen LogP) is 4.13. The normalized spacial score (nSPS) is 11.8. The molecule has 1 heterocycles. The molecule has 1 amide bonds. The zero-order valence-corrected chi connectivity index (χ0v) is 17.4. The van der Waals surface area contributed by atoms with Gasteiger partial charge in [-0.15, -0.1) is 0 Å². The molecule has 0 spiro atoms. The second-order valence-corrected chi connectivity index (χ2v) is 7.84. The molecule has 0 radical (unpaired) electrons. The van der Waals surface area contributed by atoms with E-state index in [2.05, 4.69) is 5.32 Å². The summed E-state index contributed by atoms with van der Waals surface area (Å²) in [6, 6.07) is 9.34. The summed E-state index contributed by atoms with van der Waals surface area (Å²) in [7, 11) is 0. The van der Waals surface area contributed by atoms with Crippen LogP contribution in [-0.4, -0.2) is 15.0 Å². The van der Waals surface area contributed by atoms with Crippen LogP contribution in [-0.2, 0) is 24.1 Å². The number of benzene rings is 2. The van der Waals surface area contributed by atoms with Crippen molar-refractivity contribution in [3.05, 3.63) is 73.9 Å².